The van der Waals surface area contributed by atoms with Gasteiger partial charge in [-0.25, -0.2) is 14.5 Å². The number of benzene rings is 2. The fraction of sp³-hybridized carbons (Fsp3) is 0.154. The van der Waals surface area contributed by atoms with Crippen molar-refractivity contribution < 1.29 is 9.53 Å². The van der Waals surface area contributed by atoms with Gasteiger partial charge in [-0.3, -0.25) is 4.79 Å². The third kappa shape index (κ3) is 3.57. The predicted molar refractivity (Wildman–Crippen MR) is 125 cm³/mol. The summed E-state index contributed by atoms with van der Waals surface area (Å²) in [7, 11) is 0. The number of fused-ring (bicyclic) bond motifs is 2. The number of esters is 1. The van der Waals surface area contributed by atoms with Crippen molar-refractivity contribution in [2.24, 2.45) is 0 Å². The van der Waals surface area contributed by atoms with Crippen molar-refractivity contribution in [2.45, 2.75) is 25.4 Å². The number of rotatable bonds is 5. The first kappa shape index (κ1) is 19.4. The lowest BCUT2D eigenvalue weighted by Gasteiger charge is -2.07. The number of nitrogens with one attached hydrogen (secondary N) is 1. The zero-order valence-electron chi connectivity index (χ0n) is 17.7. The number of aromatic nitrogens is 4. The van der Waals surface area contributed by atoms with Crippen LogP contribution in [0.3, 0.4) is 0 Å². The van der Waals surface area contributed by atoms with Gasteiger partial charge in [-0.1, -0.05) is 36.4 Å². The summed E-state index contributed by atoms with van der Waals surface area (Å²) >= 11 is 0. The number of ether oxygens (including phenoxy) is 1. The van der Waals surface area contributed by atoms with Crippen molar-refractivity contribution in [3.63, 3.8) is 0 Å². The molecule has 5 aromatic rings. The zero-order chi connectivity index (χ0) is 22.4. The molecule has 6 rings (SSSR count). The number of H-pyrrole nitrogens is 1. The summed E-state index contributed by atoms with van der Waals surface area (Å²) in [6.45, 7) is -0.0320. The molecule has 7 nitrogen and oxygen atoms in total. The van der Waals surface area contributed by atoms with E-state index in [9.17, 15) is 9.59 Å². The minimum absolute atomic E-state index is 0.0320. The Labute approximate surface area is 188 Å². The molecule has 1 saturated carbocycles. The second kappa shape index (κ2) is 7.70. The van der Waals surface area contributed by atoms with Gasteiger partial charge in [0.2, 0.25) is 0 Å². The Morgan fingerprint density at radius 3 is 2.64 bits per heavy atom. The SMILES string of the molecule is O=C(OCc1cc2ccccc2c(=O)[nH]1)c1cnc2c(c1)c(C1CC1)nn2-c1ccccc1. The minimum Gasteiger partial charge on any atom is -0.456 e. The molecule has 0 aliphatic heterocycles. The van der Waals surface area contributed by atoms with Gasteiger partial charge in [0.1, 0.15) is 6.61 Å². The largest absolute Gasteiger partial charge is 0.456 e. The molecule has 3 aromatic heterocycles. The fourth-order valence-electron chi connectivity index (χ4n) is 4.11. The monoisotopic (exact) mass is 436 g/mol. The second-order valence-electron chi connectivity index (χ2n) is 8.29. The summed E-state index contributed by atoms with van der Waals surface area (Å²) in [5.41, 5.74) is 3.31. The molecular weight excluding hydrogens is 416 g/mol. The first-order valence-electron chi connectivity index (χ1n) is 10.9. The molecule has 1 fully saturated rings. The van der Waals surface area contributed by atoms with Gasteiger partial charge < -0.3 is 9.72 Å². The summed E-state index contributed by atoms with van der Waals surface area (Å²) in [5, 5.41) is 7.09. The molecule has 0 spiro atoms. The van der Waals surface area contributed by atoms with Gasteiger partial charge in [0.25, 0.3) is 5.56 Å². The molecular formula is C26H20N4O3. The molecule has 0 bridgehead atoms. The van der Waals surface area contributed by atoms with E-state index in [-0.39, 0.29) is 12.2 Å². The number of carbonyl (C=O) groups excluding carboxylic acids is 1. The van der Waals surface area contributed by atoms with Crippen molar-refractivity contribution >= 4 is 27.8 Å². The Kier molecular flexibility index (Phi) is 4.54. The van der Waals surface area contributed by atoms with Crippen molar-refractivity contribution in [1.29, 1.82) is 0 Å². The first-order chi connectivity index (χ1) is 16.2. The van der Waals surface area contributed by atoms with Gasteiger partial charge >= 0.3 is 5.97 Å². The topological polar surface area (TPSA) is 89.9 Å². The molecule has 0 unspecified atom stereocenters. The second-order valence-corrected chi connectivity index (χ2v) is 8.29. The van der Waals surface area contributed by atoms with Gasteiger partial charge in [-0.2, -0.15) is 5.10 Å². The Bertz CT molecular complexity index is 1570. The van der Waals surface area contributed by atoms with E-state index in [1.165, 1.54) is 6.20 Å². The molecule has 3 heterocycles. The maximum absolute atomic E-state index is 12.8. The van der Waals surface area contributed by atoms with E-state index in [0.717, 1.165) is 40.6 Å². The van der Waals surface area contributed by atoms with Crippen LogP contribution in [0.1, 0.15) is 40.5 Å². The van der Waals surface area contributed by atoms with E-state index >= 15 is 0 Å². The maximum Gasteiger partial charge on any atom is 0.340 e. The molecule has 7 heteroatoms. The average Bonchev–Trinajstić information content (AvgIpc) is 3.63. The van der Waals surface area contributed by atoms with Crippen LogP contribution >= 0.6 is 0 Å². The van der Waals surface area contributed by atoms with Crippen LogP contribution in [-0.2, 0) is 11.3 Å². The molecule has 0 atom stereocenters. The van der Waals surface area contributed by atoms with Crippen LogP contribution in [-0.4, -0.2) is 25.7 Å². The highest BCUT2D eigenvalue weighted by Crippen LogP contribution is 2.42. The third-order valence-corrected chi connectivity index (χ3v) is 5.92. The van der Waals surface area contributed by atoms with Crippen LogP contribution in [0.25, 0.3) is 27.5 Å². The van der Waals surface area contributed by atoms with Crippen LogP contribution in [0.15, 0.2) is 77.7 Å². The van der Waals surface area contributed by atoms with Crippen LogP contribution in [0.4, 0.5) is 0 Å². The number of nitrogens with zero attached hydrogens (tertiary/aromatic N) is 3. The van der Waals surface area contributed by atoms with E-state index in [4.69, 9.17) is 9.84 Å². The molecule has 0 radical (unpaired) electrons. The van der Waals surface area contributed by atoms with E-state index in [0.29, 0.717) is 22.6 Å². The molecule has 0 amide bonds. The Hall–Kier alpha value is -4.26. The highest BCUT2D eigenvalue weighted by Gasteiger charge is 2.30. The van der Waals surface area contributed by atoms with Crippen LogP contribution in [0.2, 0.25) is 0 Å². The lowest BCUT2D eigenvalue weighted by molar-refractivity contribution is 0.0467. The lowest BCUT2D eigenvalue weighted by atomic mass is 10.1. The summed E-state index contributed by atoms with van der Waals surface area (Å²) in [4.78, 5) is 32.4. The van der Waals surface area contributed by atoms with E-state index < -0.39 is 5.97 Å². The first-order valence-corrected chi connectivity index (χ1v) is 10.9. The van der Waals surface area contributed by atoms with E-state index in [2.05, 4.69) is 9.97 Å². The summed E-state index contributed by atoms with van der Waals surface area (Å²) in [6, 6.07) is 20.8. The summed E-state index contributed by atoms with van der Waals surface area (Å²) in [6.07, 6.45) is 3.70. The van der Waals surface area contributed by atoms with Crippen LogP contribution in [0.5, 0.6) is 0 Å². The number of hydrogen-bond acceptors (Lipinski definition) is 5. The fourth-order valence-corrected chi connectivity index (χ4v) is 4.11. The quantitative estimate of drug-likeness (QED) is 0.410. The molecule has 33 heavy (non-hydrogen) atoms. The normalized spacial score (nSPS) is 13.5. The van der Waals surface area contributed by atoms with Crippen molar-refractivity contribution in [2.75, 3.05) is 0 Å². The summed E-state index contributed by atoms with van der Waals surface area (Å²) in [5.74, 6) is -0.0965. The molecule has 1 N–H and O–H groups in total. The number of pyridine rings is 2. The third-order valence-electron chi connectivity index (χ3n) is 5.92. The van der Waals surface area contributed by atoms with E-state index in [1.54, 1.807) is 6.07 Å². The summed E-state index contributed by atoms with van der Waals surface area (Å²) < 4.78 is 7.33. The number of hydrogen-bond donors (Lipinski definition) is 1. The van der Waals surface area contributed by atoms with Crippen LogP contribution in [0, 0.1) is 0 Å². The van der Waals surface area contributed by atoms with Crippen molar-refractivity contribution in [1.82, 2.24) is 19.7 Å². The molecule has 1 aliphatic rings. The Morgan fingerprint density at radius 2 is 1.82 bits per heavy atom. The van der Waals surface area contributed by atoms with Crippen molar-refractivity contribution in [3.8, 4) is 5.69 Å². The minimum atomic E-state index is -0.493. The van der Waals surface area contributed by atoms with Gasteiger partial charge in [0, 0.05) is 22.9 Å². The lowest BCUT2D eigenvalue weighted by Crippen LogP contribution is -2.12. The Balaban J connectivity index is 1.30. The average molecular weight is 436 g/mol. The van der Waals surface area contributed by atoms with Gasteiger partial charge in [0.15, 0.2) is 5.65 Å². The number of para-hydroxylation sites is 1. The van der Waals surface area contributed by atoms with Crippen molar-refractivity contribution in [3.05, 3.63) is 100 Å². The number of aromatic amines is 1. The van der Waals surface area contributed by atoms with Gasteiger partial charge in [-0.05, 0) is 48.6 Å². The predicted octanol–water partition coefficient (Wildman–Crippen LogP) is 4.50. The highest BCUT2D eigenvalue weighted by molar-refractivity contribution is 5.94. The van der Waals surface area contributed by atoms with E-state index in [1.807, 2.05) is 65.3 Å². The Morgan fingerprint density at radius 1 is 1.03 bits per heavy atom. The zero-order valence-corrected chi connectivity index (χ0v) is 17.7. The smallest absolute Gasteiger partial charge is 0.340 e. The molecule has 2 aromatic carbocycles. The molecule has 0 saturated heterocycles. The van der Waals surface area contributed by atoms with Crippen LogP contribution < -0.4 is 5.56 Å². The maximum atomic E-state index is 12.8. The van der Waals surface area contributed by atoms with Gasteiger partial charge in [-0.15, -0.1) is 0 Å². The standard InChI is InChI=1S/C26H20N4O3/c31-25-21-9-5-4-6-17(21)12-19(28-25)15-33-26(32)18-13-22-23(16-10-11-16)29-30(24(22)27-14-18)20-7-2-1-3-8-20/h1-9,12-14,16H,10-11,15H2,(H,28,31). The number of carbonyl (C=O) groups is 1. The molecule has 162 valence electrons. The highest BCUT2D eigenvalue weighted by atomic mass is 16.5. The molecule has 1 aliphatic carbocycles. The van der Waals surface area contributed by atoms with Gasteiger partial charge in [0.05, 0.1) is 22.6 Å².